The van der Waals surface area contributed by atoms with Gasteiger partial charge < -0.3 is 0 Å². The van der Waals surface area contributed by atoms with Crippen LogP contribution in [-0.4, -0.2) is 23.1 Å². The summed E-state index contributed by atoms with van der Waals surface area (Å²) in [5.41, 5.74) is 3.22. The van der Waals surface area contributed by atoms with Gasteiger partial charge in [0.1, 0.15) is 0 Å². The zero-order valence-corrected chi connectivity index (χ0v) is 15.6. The number of nitro groups is 1. The Kier molecular flexibility index (Phi) is 4.95. The topological polar surface area (TPSA) is 107 Å². The molecule has 1 N–H and O–H groups in total. The van der Waals surface area contributed by atoms with Gasteiger partial charge in [-0.15, -0.1) is 0 Å². The van der Waals surface area contributed by atoms with Crippen LogP contribution >= 0.6 is 0 Å². The first-order valence-electron chi connectivity index (χ1n) is 8.12. The molecule has 3 rings (SSSR count). The van der Waals surface area contributed by atoms with Crippen molar-refractivity contribution in [3.63, 3.8) is 0 Å². The van der Waals surface area contributed by atoms with Gasteiger partial charge in [0.05, 0.1) is 22.1 Å². The smallest absolute Gasteiger partial charge is 0.269 e. The maximum absolute atomic E-state index is 12.4. The van der Waals surface area contributed by atoms with Gasteiger partial charge in [0.15, 0.2) is 0 Å². The molecule has 9 heteroatoms. The predicted octanol–water partition coefficient (Wildman–Crippen LogP) is 3.26. The van der Waals surface area contributed by atoms with Crippen molar-refractivity contribution in [1.82, 2.24) is 9.78 Å². The standard InChI is InChI=1S/C18H18N4O4S/c1-13-11-14(2)21(19-13)12-15-3-5-16(6-4-15)20-27(25,26)18-9-7-17(8-10-18)22(23)24/h3-11,20H,12H2,1-2H3. The molecular weight excluding hydrogens is 368 g/mol. The van der Waals surface area contributed by atoms with Crippen LogP contribution in [0.2, 0.25) is 0 Å². The minimum atomic E-state index is -3.82. The lowest BCUT2D eigenvalue weighted by molar-refractivity contribution is -0.384. The van der Waals surface area contributed by atoms with Gasteiger partial charge in [-0.3, -0.25) is 19.5 Å². The lowest BCUT2D eigenvalue weighted by atomic mass is 10.2. The Bertz CT molecular complexity index is 1070. The lowest BCUT2D eigenvalue weighted by Gasteiger charge is -2.09. The number of nitro benzene ring substituents is 1. The molecule has 2 aromatic carbocycles. The van der Waals surface area contributed by atoms with E-state index in [0.29, 0.717) is 12.2 Å². The highest BCUT2D eigenvalue weighted by molar-refractivity contribution is 7.92. The lowest BCUT2D eigenvalue weighted by Crippen LogP contribution is -2.13. The third-order valence-electron chi connectivity index (χ3n) is 4.00. The van der Waals surface area contributed by atoms with E-state index < -0.39 is 14.9 Å². The van der Waals surface area contributed by atoms with Crippen molar-refractivity contribution in [1.29, 1.82) is 0 Å². The van der Waals surface area contributed by atoms with Crippen molar-refractivity contribution in [3.8, 4) is 0 Å². The van der Waals surface area contributed by atoms with Gasteiger partial charge >= 0.3 is 0 Å². The number of sulfonamides is 1. The monoisotopic (exact) mass is 386 g/mol. The molecule has 0 amide bonds. The summed E-state index contributed by atoms with van der Waals surface area (Å²) in [4.78, 5) is 10.1. The summed E-state index contributed by atoms with van der Waals surface area (Å²) in [6.07, 6.45) is 0. The number of nitrogens with zero attached hydrogens (tertiary/aromatic N) is 3. The number of rotatable bonds is 6. The molecule has 3 aromatic rings. The molecule has 0 bridgehead atoms. The van der Waals surface area contributed by atoms with Crippen LogP contribution in [0.1, 0.15) is 17.0 Å². The molecule has 0 saturated carbocycles. The Morgan fingerprint density at radius 2 is 1.70 bits per heavy atom. The normalized spacial score (nSPS) is 11.3. The molecule has 0 unspecified atom stereocenters. The molecule has 0 saturated heterocycles. The van der Waals surface area contributed by atoms with E-state index >= 15 is 0 Å². The molecule has 0 fully saturated rings. The van der Waals surface area contributed by atoms with E-state index in [0.717, 1.165) is 29.1 Å². The number of nitrogens with one attached hydrogen (secondary N) is 1. The summed E-state index contributed by atoms with van der Waals surface area (Å²) in [7, 11) is -3.82. The first-order valence-corrected chi connectivity index (χ1v) is 9.60. The summed E-state index contributed by atoms with van der Waals surface area (Å²) in [6, 6.07) is 13.7. The van der Waals surface area contributed by atoms with Crippen molar-refractivity contribution in [2.45, 2.75) is 25.3 Å². The van der Waals surface area contributed by atoms with Gasteiger partial charge in [0.2, 0.25) is 0 Å². The molecule has 1 aromatic heterocycles. The quantitative estimate of drug-likeness (QED) is 0.517. The minimum absolute atomic E-state index is 0.0418. The fraction of sp³-hybridized carbons (Fsp3) is 0.167. The Morgan fingerprint density at radius 1 is 1.07 bits per heavy atom. The van der Waals surface area contributed by atoms with Crippen molar-refractivity contribution >= 4 is 21.4 Å². The van der Waals surface area contributed by atoms with E-state index in [4.69, 9.17) is 0 Å². The molecule has 8 nitrogen and oxygen atoms in total. The average molecular weight is 386 g/mol. The number of benzene rings is 2. The van der Waals surface area contributed by atoms with Crippen LogP contribution in [0, 0.1) is 24.0 Å². The molecule has 140 valence electrons. The molecule has 0 atom stereocenters. The van der Waals surface area contributed by atoms with E-state index in [2.05, 4.69) is 9.82 Å². The van der Waals surface area contributed by atoms with Crippen molar-refractivity contribution < 1.29 is 13.3 Å². The molecule has 0 aliphatic carbocycles. The van der Waals surface area contributed by atoms with Gasteiger partial charge in [-0.1, -0.05) is 12.1 Å². The van der Waals surface area contributed by atoms with Gasteiger partial charge in [0, 0.05) is 23.5 Å². The van der Waals surface area contributed by atoms with Crippen molar-refractivity contribution in [2.24, 2.45) is 0 Å². The number of non-ortho nitro benzene ring substituents is 1. The second-order valence-corrected chi connectivity index (χ2v) is 7.82. The van der Waals surface area contributed by atoms with Crippen LogP contribution < -0.4 is 4.72 Å². The zero-order chi connectivity index (χ0) is 19.6. The van der Waals surface area contributed by atoms with Crippen molar-refractivity contribution in [3.05, 3.63) is 81.7 Å². The number of hydrogen-bond donors (Lipinski definition) is 1. The molecule has 0 spiro atoms. The third kappa shape index (κ3) is 4.32. The molecule has 0 radical (unpaired) electrons. The van der Waals surface area contributed by atoms with E-state index in [1.807, 2.05) is 36.7 Å². The van der Waals surface area contributed by atoms with Gasteiger partial charge in [0.25, 0.3) is 15.7 Å². The Hall–Kier alpha value is -3.20. The summed E-state index contributed by atoms with van der Waals surface area (Å²) in [5.74, 6) is 0. The van der Waals surface area contributed by atoms with Crippen LogP contribution in [-0.2, 0) is 16.6 Å². The van der Waals surface area contributed by atoms with E-state index in [-0.39, 0.29) is 10.6 Å². The van der Waals surface area contributed by atoms with Crippen LogP contribution in [0.15, 0.2) is 59.5 Å². The molecule has 1 heterocycles. The van der Waals surface area contributed by atoms with Gasteiger partial charge in [-0.25, -0.2) is 8.42 Å². The molecule has 27 heavy (non-hydrogen) atoms. The Morgan fingerprint density at radius 3 is 2.22 bits per heavy atom. The van der Waals surface area contributed by atoms with Gasteiger partial charge in [-0.2, -0.15) is 5.10 Å². The predicted molar refractivity (Wildman–Crippen MR) is 101 cm³/mol. The average Bonchev–Trinajstić information content (AvgIpc) is 2.93. The first-order chi connectivity index (χ1) is 12.7. The zero-order valence-electron chi connectivity index (χ0n) is 14.8. The molecular formula is C18H18N4O4S. The van der Waals surface area contributed by atoms with E-state index in [1.165, 1.54) is 12.1 Å². The fourth-order valence-electron chi connectivity index (χ4n) is 2.65. The van der Waals surface area contributed by atoms with Crippen LogP contribution in [0.25, 0.3) is 0 Å². The van der Waals surface area contributed by atoms with E-state index in [9.17, 15) is 18.5 Å². The number of aryl methyl sites for hydroxylation is 2. The minimum Gasteiger partial charge on any atom is -0.280 e. The summed E-state index contributed by atoms with van der Waals surface area (Å²) in [5, 5.41) is 15.1. The van der Waals surface area contributed by atoms with Crippen LogP contribution in [0.4, 0.5) is 11.4 Å². The molecule has 0 aliphatic heterocycles. The highest BCUT2D eigenvalue weighted by Gasteiger charge is 2.16. The third-order valence-corrected chi connectivity index (χ3v) is 5.40. The largest absolute Gasteiger partial charge is 0.280 e. The second kappa shape index (κ2) is 7.20. The number of hydrogen-bond acceptors (Lipinski definition) is 5. The Balaban J connectivity index is 1.73. The van der Waals surface area contributed by atoms with Crippen LogP contribution in [0.3, 0.4) is 0 Å². The summed E-state index contributed by atoms with van der Waals surface area (Å²) < 4.78 is 29.2. The first kappa shape index (κ1) is 18.6. The maximum atomic E-state index is 12.4. The highest BCUT2D eigenvalue weighted by Crippen LogP contribution is 2.20. The number of anilines is 1. The Labute approximate surface area is 156 Å². The highest BCUT2D eigenvalue weighted by atomic mass is 32.2. The SMILES string of the molecule is Cc1cc(C)n(Cc2ccc(NS(=O)(=O)c3ccc([N+](=O)[O-])cc3)cc2)n1. The van der Waals surface area contributed by atoms with Crippen LogP contribution in [0.5, 0.6) is 0 Å². The summed E-state index contributed by atoms with van der Waals surface area (Å²) >= 11 is 0. The van der Waals surface area contributed by atoms with E-state index in [1.54, 1.807) is 12.1 Å². The second-order valence-electron chi connectivity index (χ2n) is 6.14. The van der Waals surface area contributed by atoms with Gasteiger partial charge in [-0.05, 0) is 49.7 Å². The van der Waals surface area contributed by atoms with Crippen molar-refractivity contribution in [2.75, 3.05) is 4.72 Å². The molecule has 0 aliphatic rings. The maximum Gasteiger partial charge on any atom is 0.269 e. The fourth-order valence-corrected chi connectivity index (χ4v) is 3.71. The summed E-state index contributed by atoms with van der Waals surface area (Å²) in [6.45, 7) is 4.50. The number of aromatic nitrogens is 2.